The number of nitrogens with one attached hydrogen (secondary N) is 1. The molecule has 26 heavy (non-hydrogen) atoms. The number of hydrogen-bond donors (Lipinski definition) is 1. The van der Waals surface area contributed by atoms with Crippen LogP contribution in [0.5, 0.6) is 0 Å². The van der Waals surface area contributed by atoms with E-state index >= 15 is 0 Å². The minimum absolute atomic E-state index is 0.0236. The van der Waals surface area contributed by atoms with Crippen molar-refractivity contribution in [3.8, 4) is 0 Å². The summed E-state index contributed by atoms with van der Waals surface area (Å²) < 4.78 is 38.3. The summed E-state index contributed by atoms with van der Waals surface area (Å²) >= 11 is 5.83. The second kappa shape index (κ2) is 9.12. The minimum Gasteiger partial charge on any atom is -0.326 e. The van der Waals surface area contributed by atoms with Crippen LogP contribution in [0.15, 0.2) is 48.5 Å². The average molecular weight is 399 g/mol. The van der Waals surface area contributed by atoms with Gasteiger partial charge in [-0.15, -0.1) is 0 Å². The van der Waals surface area contributed by atoms with Crippen molar-refractivity contribution in [3.05, 3.63) is 64.9 Å². The minimum atomic E-state index is -3.45. The van der Waals surface area contributed by atoms with E-state index in [1.165, 1.54) is 22.5 Å². The molecule has 0 radical (unpaired) electrons. The Labute approximate surface area is 157 Å². The van der Waals surface area contributed by atoms with Gasteiger partial charge in [0.1, 0.15) is 5.82 Å². The molecule has 0 fully saturated rings. The molecule has 1 N–H and O–H groups in total. The lowest BCUT2D eigenvalue weighted by Gasteiger charge is -2.19. The summed E-state index contributed by atoms with van der Waals surface area (Å²) in [5.74, 6) is -0.834. The fourth-order valence-corrected chi connectivity index (χ4v) is 3.34. The number of benzene rings is 2. The Morgan fingerprint density at radius 3 is 2.46 bits per heavy atom. The van der Waals surface area contributed by atoms with E-state index in [4.69, 9.17) is 11.6 Å². The molecule has 0 saturated carbocycles. The number of anilines is 1. The van der Waals surface area contributed by atoms with Gasteiger partial charge in [-0.1, -0.05) is 29.8 Å². The van der Waals surface area contributed by atoms with Crippen molar-refractivity contribution in [2.45, 2.75) is 12.8 Å². The predicted molar refractivity (Wildman–Crippen MR) is 101 cm³/mol. The van der Waals surface area contributed by atoms with Crippen LogP contribution in [0.1, 0.15) is 12.0 Å². The lowest BCUT2D eigenvalue weighted by molar-refractivity contribution is -0.116. The van der Waals surface area contributed by atoms with Crippen LogP contribution in [-0.2, 0) is 21.2 Å². The second-order valence-corrected chi connectivity index (χ2v) is 8.27. The number of nitrogens with zero attached hydrogens (tertiary/aromatic N) is 1. The monoisotopic (exact) mass is 398 g/mol. The van der Waals surface area contributed by atoms with Gasteiger partial charge >= 0.3 is 0 Å². The van der Waals surface area contributed by atoms with Gasteiger partial charge in [-0.05, 0) is 42.3 Å². The van der Waals surface area contributed by atoms with E-state index in [9.17, 15) is 17.6 Å². The zero-order valence-corrected chi connectivity index (χ0v) is 15.9. The molecule has 0 aromatic heterocycles. The quantitative estimate of drug-likeness (QED) is 0.741. The van der Waals surface area contributed by atoms with Crippen molar-refractivity contribution < 1.29 is 17.6 Å². The summed E-state index contributed by atoms with van der Waals surface area (Å²) in [6.45, 7) is 0.307. The van der Waals surface area contributed by atoms with Gasteiger partial charge in [0.05, 0.1) is 6.26 Å². The number of sulfonamides is 1. The number of rotatable bonds is 8. The molecule has 2 aromatic rings. The Bertz CT molecular complexity index is 857. The van der Waals surface area contributed by atoms with Crippen LogP contribution in [-0.4, -0.2) is 38.0 Å². The SMILES string of the molecule is CS(=O)(=O)N(CCC(=O)Nc1cccc(F)c1)CCc1ccc(Cl)cc1. The molecule has 140 valence electrons. The van der Waals surface area contributed by atoms with Crippen LogP contribution in [0.3, 0.4) is 0 Å². The molecule has 2 aromatic carbocycles. The van der Waals surface area contributed by atoms with E-state index in [-0.39, 0.29) is 25.4 Å². The zero-order chi connectivity index (χ0) is 19.2. The smallest absolute Gasteiger partial charge is 0.225 e. The van der Waals surface area contributed by atoms with E-state index in [1.54, 1.807) is 18.2 Å². The van der Waals surface area contributed by atoms with Crippen LogP contribution in [0.2, 0.25) is 5.02 Å². The molecule has 8 heteroatoms. The predicted octanol–water partition coefficient (Wildman–Crippen LogP) is 3.31. The van der Waals surface area contributed by atoms with Crippen LogP contribution in [0, 0.1) is 5.82 Å². The third kappa shape index (κ3) is 6.74. The van der Waals surface area contributed by atoms with Gasteiger partial charge in [0, 0.05) is 30.2 Å². The van der Waals surface area contributed by atoms with Crippen LogP contribution in [0.4, 0.5) is 10.1 Å². The zero-order valence-electron chi connectivity index (χ0n) is 14.3. The molecule has 0 bridgehead atoms. The van der Waals surface area contributed by atoms with Crippen molar-refractivity contribution in [2.75, 3.05) is 24.7 Å². The Hall–Kier alpha value is -1.96. The van der Waals surface area contributed by atoms with E-state index in [2.05, 4.69) is 5.32 Å². The number of carbonyl (C=O) groups is 1. The van der Waals surface area contributed by atoms with Crippen molar-refractivity contribution in [2.24, 2.45) is 0 Å². The van der Waals surface area contributed by atoms with Crippen molar-refractivity contribution >= 4 is 33.2 Å². The maximum absolute atomic E-state index is 13.1. The van der Waals surface area contributed by atoms with E-state index < -0.39 is 15.8 Å². The molecule has 0 aliphatic rings. The summed E-state index contributed by atoms with van der Waals surface area (Å²) in [4.78, 5) is 12.0. The number of halogens is 2. The van der Waals surface area contributed by atoms with Crippen molar-refractivity contribution in [1.29, 1.82) is 0 Å². The Balaban J connectivity index is 1.91. The highest BCUT2D eigenvalue weighted by Gasteiger charge is 2.18. The largest absolute Gasteiger partial charge is 0.326 e. The van der Waals surface area contributed by atoms with Gasteiger partial charge < -0.3 is 5.32 Å². The van der Waals surface area contributed by atoms with Crippen LogP contribution >= 0.6 is 11.6 Å². The van der Waals surface area contributed by atoms with E-state index in [0.717, 1.165) is 11.8 Å². The molecule has 1 amide bonds. The molecule has 2 rings (SSSR count). The van der Waals surface area contributed by atoms with E-state index in [0.29, 0.717) is 17.1 Å². The summed E-state index contributed by atoms with van der Waals surface area (Å²) in [6.07, 6.45) is 1.60. The highest BCUT2D eigenvalue weighted by Crippen LogP contribution is 2.12. The third-order valence-corrected chi connectivity index (χ3v) is 5.28. The van der Waals surface area contributed by atoms with Gasteiger partial charge in [0.2, 0.25) is 15.9 Å². The van der Waals surface area contributed by atoms with Gasteiger partial charge in [0.15, 0.2) is 0 Å². The maximum Gasteiger partial charge on any atom is 0.225 e. The van der Waals surface area contributed by atoms with E-state index in [1.807, 2.05) is 12.1 Å². The second-order valence-electron chi connectivity index (χ2n) is 5.85. The summed E-state index contributed by atoms with van der Waals surface area (Å²) in [6, 6.07) is 12.7. The first-order valence-electron chi connectivity index (χ1n) is 7.99. The van der Waals surface area contributed by atoms with Crippen LogP contribution in [0.25, 0.3) is 0 Å². The number of amides is 1. The van der Waals surface area contributed by atoms with Crippen molar-refractivity contribution in [1.82, 2.24) is 4.31 Å². The fraction of sp³-hybridized carbons (Fsp3) is 0.278. The lowest BCUT2D eigenvalue weighted by atomic mass is 10.1. The fourth-order valence-electron chi connectivity index (χ4n) is 2.36. The Kier molecular flexibility index (Phi) is 7.14. The van der Waals surface area contributed by atoms with Gasteiger partial charge in [-0.3, -0.25) is 4.79 Å². The summed E-state index contributed by atoms with van der Waals surface area (Å²) in [7, 11) is -3.45. The summed E-state index contributed by atoms with van der Waals surface area (Å²) in [5, 5.41) is 3.17. The molecule has 0 unspecified atom stereocenters. The highest BCUT2D eigenvalue weighted by atomic mass is 35.5. The lowest BCUT2D eigenvalue weighted by Crippen LogP contribution is -2.34. The highest BCUT2D eigenvalue weighted by molar-refractivity contribution is 7.88. The maximum atomic E-state index is 13.1. The van der Waals surface area contributed by atoms with Crippen LogP contribution < -0.4 is 5.32 Å². The number of carbonyl (C=O) groups excluding carboxylic acids is 1. The molecule has 0 saturated heterocycles. The van der Waals surface area contributed by atoms with Crippen molar-refractivity contribution in [3.63, 3.8) is 0 Å². The first-order valence-corrected chi connectivity index (χ1v) is 10.2. The van der Waals surface area contributed by atoms with Gasteiger partial charge in [-0.25, -0.2) is 17.1 Å². The Morgan fingerprint density at radius 1 is 1.15 bits per heavy atom. The topological polar surface area (TPSA) is 66.5 Å². The molecular formula is C18H20ClFN2O3S. The molecule has 0 aliphatic carbocycles. The molecule has 0 heterocycles. The normalized spacial score (nSPS) is 11.5. The van der Waals surface area contributed by atoms with Gasteiger partial charge in [0.25, 0.3) is 0 Å². The Morgan fingerprint density at radius 2 is 1.85 bits per heavy atom. The standard InChI is InChI=1S/C18H20ClFN2O3S/c1-26(24,25)22(11-9-14-5-7-15(19)8-6-14)12-10-18(23)21-17-4-2-3-16(20)13-17/h2-8,13H,9-12H2,1H3,(H,21,23). The summed E-state index contributed by atoms with van der Waals surface area (Å²) in [5.41, 5.74) is 1.29. The number of hydrogen-bond acceptors (Lipinski definition) is 3. The molecular weight excluding hydrogens is 379 g/mol. The molecule has 0 spiro atoms. The first-order chi connectivity index (χ1) is 12.2. The molecule has 0 aliphatic heterocycles. The van der Waals surface area contributed by atoms with Gasteiger partial charge in [-0.2, -0.15) is 0 Å². The molecule has 5 nitrogen and oxygen atoms in total. The third-order valence-electron chi connectivity index (χ3n) is 3.73. The first kappa shape index (κ1) is 20.4. The average Bonchev–Trinajstić information content (AvgIpc) is 2.55. The molecule has 0 atom stereocenters.